The van der Waals surface area contributed by atoms with Crippen molar-refractivity contribution in [2.75, 3.05) is 11.9 Å². The zero-order chi connectivity index (χ0) is 27.0. The standard InChI is InChI=1S/C29H28N2O5S/c1-5-10-23-16-22(17-24(19-30)29(32)31-26-14-13-20(3)15-21(26)4)18-27(35-6-2)28(23)36-37(33,34)25-11-8-7-9-12-25/h5,7-9,11-18H,1,6,10H2,2-4H3,(H,31,32)/b24-17+. The number of aryl methyl sites for hydroxylation is 2. The number of nitrogens with zero attached hydrogens (tertiary/aromatic N) is 1. The Morgan fingerprint density at radius 2 is 1.84 bits per heavy atom. The third kappa shape index (κ3) is 6.87. The van der Waals surface area contributed by atoms with Crippen molar-refractivity contribution < 1.29 is 22.1 Å². The highest BCUT2D eigenvalue weighted by Crippen LogP contribution is 2.36. The molecular formula is C29H28N2O5S. The summed E-state index contributed by atoms with van der Waals surface area (Å²) in [5.41, 5.74) is 3.35. The minimum atomic E-state index is -4.14. The first-order valence-corrected chi connectivity index (χ1v) is 13.0. The molecule has 0 radical (unpaired) electrons. The van der Waals surface area contributed by atoms with Crippen LogP contribution in [-0.2, 0) is 21.3 Å². The molecule has 0 unspecified atom stereocenters. The van der Waals surface area contributed by atoms with E-state index < -0.39 is 16.0 Å². The van der Waals surface area contributed by atoms with Gasteiger partial charge in [0.05, 0.1) is 6.61 Å². The van der Waals surface area contributed by atoms with E-state index in [1.165, 1.54) is 24.3 Å². The molecule has 0 bridgehead atoms. The number of anilines is 1. The second-order valence-electron chi connectivity index (χ2n) is 8.23. The third-order valence-electron chi connectivity index (χ3n) is 5.35. The smallest absolute Gasteiger partial charge is 0.339 e. The Balaban J connectivity index is 2.02. The van der Waals surface area contributed by atoms with Crippen LogP contribution in [0.2, 0.25) is 0 Å². The van der Waals surface area contributed by atoms with Crippen molar-refractivity contribution in [2.24, 2.45) is 0 Å². The van der Waals surface area contributed by atoms with Gasteiger partial charge in [-0.05, 0) is 74.7 Å². The van der Waals surface area contributed by atoms with Gasteiger partial charge in [0.2, 0.25) is 0 Å². The topological polar surface area (TPSA) is 105 Å². The molecule has 1 amide bonds. The first-order chi connectivity index (χ1) is 17.7. The van der Waals surface area contributed by atoms with Crippen LogP contribution in [0.4, 0.5) is 5.69 Å². The monoisotopic (exact) mass is 516 g/mol. The average Bonchev–Trinajstić information content (AvgIpc) is 2.87. The van der Waals surface area contributed by atoms with Gasteiger partial charge >= 0.3 is 10.1 Å². The fourth-order valence-corrected chi connectivity index (χ4v) is 4.63. The van der Waals surface area contributed by atoms with Gasteiger partial charge in [0.1, 0.15) is 16.5 Å². The van der Waals surface area contributed by atoms with Gasteiger partial charge in [0.15, 0.2) is 11.5 Å². The zero-order valence-corrected chi connectivity index (χ0v) is 21.8. The number of hydrogen-bond donors (Lipinski definition) is 1. The van der Waals surface area contributed by atoms with Gasteiger partial charge in [-0.2, -0.15) is 13.7 Å². The molecule has 0 fully saturated rings. The Labute approximate surface area is 217 Å². The van der Waals surface area contributed by atoms with E-state index in [9.17, 15) is 18.5 Å². The molecule has 1 N–H and O–H groups in total. The molecule has 7 nitrogen and oxygen atoms in total. The molecule has 0 spiro atoms. The first kappa shape index (κ1) is 27.2. The third-order valence-corrected chi connectivity index (χ3v) is 6.58. The van der Waals surface area contributed by atoms with Gasteiger partial charge in [-0.1, -0.05) is 42.0 Å². The number of rotatable bonds is 10. The van der Waals surface area contributed by atoms with E-state index >= 15 is 0 Å². The van der Waals surface area contributed by atoms with E-state index in [1.54, 1.807) is 43.3 Å². The second-order valence-corrected chi connectivity index (χ2v) is 9.77. The zero-order valence-electron chi connectivity index (χ0n) is 20.9. The lowest BCUT2D eigenvalue weighted by Gasteiger charge is -2.16. The number of allylic oxidation sites excluding steroid dienone is 1. The molecule has 0 aliphatic heterocycles. The Kier molecular flexibility index (Phi) is 8.88. The molecule has 3 aromatic rings. The van der Waals surface area contributed by atoms with E-state index in [0.29, 0.717) is 16.8 Å². The van der Waals surface area contributed by atoms with Crippen molar-refractivity contribution in [1.82, 2.24) is 0 Å². The van der Waals surface area contributed by atoms with E-state index in [4.69, 9.17) is 8.92 Å². The summed E-state index contributed by atoms with van der Waals surface area (Å²) in [5.74, 6) is -0.370. The summed E-state index contributed by atoms with van der Waals surface area (Å²) < 4.78 is 37.1. The molecule has 8 heteroatoms. The van der Waals surface area contributed by atoms with Crippen molar-refractivity contribution >= 4 is 27.8 Å². The van der Waals surface area contributed by atoms with Crippen LogP contribution in [0, 0.1) is 25.2 Å². The number of carbonyl (C=O) groups is 1. The summed E-state index contributed by atoms with van der Waals surface area (Å²) in [6.07, 6.45) is 3.28. The van der Waals surface area contributed by atoms with Gasteiger partial charge in [-0.25, -0.2) is 0 Å². The number of nitriles is 1. The molecular weight excluding hydrogens is 488 g/mol. The molecule has 0 heterocycles. The quantitative estimate of drug-likeness (QED) is 0.159. The number of hydrogen-bond acceptors (Lipinski definition) is 6. The minimum Gasteiger partial charge on any atom is -0.490 e. The summed E-state index contributed by atoms with van der Waals surface area (Å²) in [4.78, 5) is 12.9. The van der Waals surface area contributed by atoms with E-state index in [1.807, 2.05) is 32.0 Å². The Morgan fingerprint density at radius 1 is 1.11 bits per heavy atom. The maximum atomic E-state index is 12.9. The highest BCUT2D eigenvalue weighted by molar-refractivity contribution is 7.87. The number of carbonyl (C=O) groups excluding carboxylic acids is 1. The lowest BCUT2D eigenvalue weighted by Crippen LogP contribution is -2.14. The molecule has 37 heavy (non-hydrogen) atoms. The summed E-state index contributed by atoms with van der Waals surface area (Å²) in [5, 5.41) is 12.5. The molecule has 0 aliphatic carbocycles. The number of nitrogens with one attached hydrogen (secondary N) is 1. The van der Waals surface area contributed by atoms with Gasteiger partial charge in [0.25, 0.3) is 5.91 Å². The van der Waals surface area contributed by atoms with E-state index in [2.05, 4.69) is 11.9 Å². The van der Waals surface area contributed by atoms with Crippen LogP contribution in [0.25, 0.3) is 6.08 Å². The van der Waals surface area contributed by atoms with Crippen molar-refractivity contribution in [3.63, 3.8) is 0 Å². The van der Waals surface area contributed by atoms with E-state index in [0.717, 1.165) is 11.1 Å². The summed E-state index contributed by atoms with van der Waals surface area (Å²) in [6.45, 7) is 9.56. The fraction of sp³-hybridized carbons (Fsp3) is 0.172. The van der Waals surface area contributed by atoms with Gasteiger partial charge in [-0.3, -0.25) is 4.79 Å². The van der Waals surface area contributed by atoms with Gasteiger partial charge in [0, 0.05) is 11.3 Å². The number of benzene rings is 3. The average molecular weight is 517 g/mol. The fourth-order valence-electron chi connectivity index (χ4n) is 3.64. The highest BCUT2D eigenvalue weighted by atomic mass is 32.2. The molecule has 0 saturated carbocycles. The maximum Gasteiger partial charge on any atom is 0.339 e. The van der Waals surface area contributed by atoms with Crippen molar-refractivity contribution in [3.8, 4) is 17.6 Å². The van der Waals surface area contributed by atoms with Crippen LogP contribution < -0.4 is 14.2 Å². The normalized spacial score (nSPS) is 11.4. The lowest BCUT2D eigenvalue weighted by atomic mass is 10.0. The predicted molar refractivity (Wildman–Crippen MR) is 144 cm³/mol. The Hall–Kier alpha value is -4.35. The Bertz CT molecular complexity index is 1490. The van der Waals surface area contributed by atoms with Crippen molar-refractivity contribution in [3.05, 3.63) is 101 Å². The summed E-state index contributed by atoms with van der Waals surface area (Å²) in [6, 6.07) is 18.5. The molecule has 0 saturated heterocycles. The largest absolute Gasteiger partial charge is 0.490 e. The molecule has 3 rings (SSSR count). The SMILES string of the molecule is C=CCc1cc(/C=C(\C#N)C(=O)Nc2ccc(C)cc2C)cc(OCC)c1OS(=O)(=O)c1ccccc1. The lowest BCUT2D eigenvalue weighted by molar-refractivity contribution is -0.112. The molecule has 0 atom stereocenters. The van der Waals surface area contributed by atoms with E-state index in [-0.39, 0.29) is 35.0 Å². The van der Waals surface area contributed by atoms with Crippen LogP contribution in [0.3, 0.4) is 0 Å². The first-order valence-electron chi connectivity index (χ1n) is 11.6. The van der Waals surface area contributed by atoms with Crippen LogP contribution in [-0.4, -0.2) is 20.9 Å². The number of amides is 1. The van der Waals surface area contributed by atoms with Crippen LogP contribution >= 0.6 is 0 Å². The highest BCUT2D eigenvalue weighted by Gasteiger charge is 2.23. The summed E-state index contributed by atoms with van der Waals surface area (Å²) in [7, 11) is -4.14. The molecule has 0 aliphatic rings. The predicted octanol–water partition coefficient (Wildman–Crippen LogP) is 5.74. The molecule has 0 aromatic heterocycles. The van der Waals surface area contributed by atoms with Crippen LogP contribution in [0.1, 0.15) is 29.2 Å². The van der Waals surface area contributed by atoms with Crippen LogP contribution in [0.5, 0.6) is 11.5 Å². The second kappa shape index (κ2) is 12.1. The molecule has 3 aromatic carbocycles. The van der Waals surface area contributed by atoms with Gasteiger partial charge in [-0.15, -0.1) is 6.58 Å². The van der Waals surface area contributed by atoms with Gasteiger partial charge < -0.3 is 14.2 Å². The van der Waals surface area contributed by atoms with Crippen LogP contribution in [0.15, 0.2) is 83.8 Å². The van der Waals surface area contributed by atoms with Crippen molar-refractivity contribution in [2.45, 2.75) is 32.1 Å². The minimum absolute atomic E-state index is 0.000751. The molecule has 190 valence electrons. The Morgan fingerprint density at radius 3 is 2.46 bits per heavy atom. The van der Waals surface area contributed by atoms with Crippen molar-refractivity contribution in [1.29, 1.82) is 5.26 Å². The maximum absolute atomic E-state index is 12.9. The number of ether oxygens (including phenoxy) is 1. The summed E-state index contributed by atoms with van der Waals surface area (Å²) >= 11 is 0.